The van der Waals surface area contributed by atoms with E-state index in [0.29, 0.717) is 17.0 Å². The van der Waals surface area contributed by atoms with Crippen molar-refractivity contribution in [2.45, 2.75) is 26.8 Å². The van der Waals surface area contributed by atoms with Gasteiger partial charge in [-0.05, 0) is 62.7 Å². The number of halogens is 1. The number of fused-ring (bicyclic) bond motifs is 1. The number of aromatic nitrogens is 4. The van der Waals surface area contributed by atoms with Crippen molar-refractivity contribution in [3.63, 3.8) is 0 Å². The Labute approximate surface area is 144 Å². The Morgan fingerprint density at radius 2 is 1.88 bits per heavy atom. The van der Waals surface area contributed by atoms with Crippen LogP contribution in [0.2, 0.25) is 0 Å². The van der Waals surface area contributed by atoms with Gasteiger partial charge in [-0.15, -0.1) is 5.10 Å². The van der Waals surface area contributed by atoms with Crippen LogP contribution in [-0.4, -0.2) is 20.0 Å². The highest BCUT2D eigenvalue weighted by Crippen LogP contribution is 2.33. The molecule has 0 unspecified atom stereocenters. The second-order valence-corrected chi connectivity index (χ2v) is 6.33. The van der Waals surface area contributed by atoms with Gasteiger partial charge in [-0.25, -0.2) is 14.1 Å². The van der Waals surface area contributed by atoms with Gasteiger partial charge in [0.1, 0.15) is 17.0 Å². The van der Waals surface area contributed by atoms with E-state index in [4.69, 9.17) is 4.42 Å². The van der Waals surface area contributed by atoms with Crippen molar-refractivity contribution in [1.29, 1.82) is 0 Å². The van der Waals surface area contributed by atoms with Crippen LogP contribution >= 0.6 is 0 Å². The monoisotopic (exact) mass is 336 g/mol. The predicted molar refractivity (Wildman–Crippen MR) is 93.5 cm³/mol. The lowest BCUT2D eigenvalue weighted by molar-refractivity contribution is 0.530. The average molecular weight is 336 g/mol. The molecule has 2 aromatic carbocycles. The van der Waals surface area contributed by atoms with E-state index in [9.17, 15) is 4.39 Å². The van der Waals surface area contributed by atoms with Crippen LogP contribution in [0.1, 0.15) is 25.5 Å². The van der Waals surface area contributed by atoms with Gasteiger partial charge in [0.2, 0.25) is 0 Å². The third-order valence-corrected chi connectivity index (χ3v) is 4.22. The van der Waals surface area contributed by atoms with Gasteiger partial charge in [0.05, 0.1) is 5.52 Å². The Hall–Kier alpha value is -3.02. The van der Waals surface area contributed by atoms with Gasteiger partial charge in [-0.2, -0.15) is 0 Å². The molecule has 0 amide bonds. The zero-order valence-corrected chi connectivity index (χ0v) is 14.2. The van der Waals surface area contributed by atoms with E-state index in [2.05, 4.69) is 29.1 Å². The molecule has 0 aliphatic heterocycles. The fourth-order valence-electron chi connectivity index (χ4n) is 2.91. The molecule has 0 N–H and O–H groups in total. The fraction of sp³-hybridized carbons (Fsp3) is 0.211. The van der Waals surface area contributed by atoms with E-state index in [1.165, 1.54) is 12.5 Å². The smallest absolute Gasteiger partial charge is 0.182 e. The van der Waals surface area contributed by atoms with Gasteiger partial charge in [0.15, 0.2) is 12.2 Å². The molecule has 0 bridgehead atoms. The zero-order valence-electron chi connectivity index (χ0n) is 14.2. The minimum atomic E-state index is -0.234. The molecule has 0 atom stereocenters. The first kappa shape index (κ1) is 15.5. The van der Waals surface area contributed by atoms with Crippen LogP contribution in [0.25, 0.3) is 33.6 Å². The van der Waals surface area contributed by atoms with Gasteiger partial charge >= 0.3 is 0 Å². The summed E-state index contributed by atoms with van der Waals surface area (Å²) >= 11 is 0. The van der Waals surface area contributed by atoms with Crippen LogP contribution in [-0.2, 0) is 0 Å². The van der Waals surface area contributed by atoms with E-state index in [0.717, 1.165) is 22.2 Å². The minimum Gasteiger partial charge on any atom is -0.443 e. The Morgan fingerprint density at radius 3 is 2.64 bits per heavy atom. The molecule has 0 radical (unpaired) electrons. The Morgan fingerprint density at radius 1 is 1.08 bits per heavy atom. The van der Waals surface area contributed by atoms with E-state index >= 15 is 0 Å². The second kappa shape index (κ2) is 5.81. The minimum absolute atomic E-state index is 0.203. The van der Waals surface area contributed by atoms with Crippen LogP contribution in [0.3, 0.4) is 0 Å². The first-order valence-electron chi connectivity index (χ1n) is 8.10. The summed E-state index contributed by atoms with van der Waals surface area (Å²) in [7, 11) is 0. The molecule has 0 aliphatic carbocycles. The van der Waals surface area contributed by atoms with E-state index < -0.39 is 0 Å². The first-order valence-corrected chi connectivity index (χ1v) is 8.10. The number of aryl methyl sites for hydroxylation is 1. The van der Waals surface area contributed by atoms with Gasteiger partial charge in [0, 0.05) is 17.2 Å². The van der Waals surface area contributed by atoms with Crippen LogP contribution < -0.4 is 0 Å². The molecule has 6 heteroatoms. The molecular formula is C19H17FN4O. The molecule has 2 heterocycles. The number of hydrogen-bond donors (Lipinski definition) is 0. The number of hydrogen-bond acceptors (Lipinski definition) is 4. The Balaban J connectivity index is 1.86. The molecule has 0 aliphatic rings. The largest absolute Gasteiger partial charge is 0.443 e. The summed E-state index contributed by atoms with van der Waals surface area (Å²) in [5.74, 6) is 0.409. The highest BCUT2D eigenvalue weighted by atomic mass is 19.1. The van der Waals surface area contributed by atoms with Crippen molar-refractivity contribution in [3.05, 3.63) is 54.2 Å². The average Bonchev–Trinajstić information content (AvgIpc) is 3.23. The lowest BCUT2D eigenvalue weighted by Crippen LogP contribution is -2.02. The van der Waals surface area contributed by atoms with E-state index in [-0.39, 0.29) is 11.9 Å². The molecule has 0 fully saturated rings. The van der Waals surface area contributed by atoms with Crippen LogP contribution in [0.15, 0.2) is 47.2 Å². The van der Waals surface area contributed by atoms with E-state index in [1.807, 2.05) is 22.9 Å². The van der Waals surface area contributed by atoms with Gasteiger partial charge in [-0.3, -0.25) is 0 Å². The highest BCUT2D eigenvalue weighted by molar-refractivity contribution is 5.84. The third-order valence-electron chi connectivity index (χ3n) is 4.22. The van der Waals surface area contributed by atoms with Crippen molar-refractivity contribution in [2.24, 2.45) is 0 Å². The third kappa shape index (κ3) is 2.59. The highest BCUT2D eigenvalue weighted by Gasteiger charge is 2.16. The molecule has 5 nitrogen and oxygen atoms in total. The summed E-state index contributed by atoms with van der Waals surface area (Å²) in [5.41, 5.74) is 4.72. The van der Waals surface area contributed by atoms with Crippen molar-refractivity contribution < 1.29 is 8.81 Å². The summed E-state index contributed by atoms with van der Waals surface area (Å²) in [6, 6.07) is 11.0. The molecule has 4 rings (SSSR count). The molecule has 126 valence electrons. The number of rotatable bonds is 3. The van der Waals surface area contributed by atoms with Crippen molar-refractivity contribution >= 4 is 11.0 Å². The van der Waals surface area contributed by atoms with Crippen molar-refractivity contribution in [2.75, 3.05) is 0 Å². The topological polar surface area (TPSA) is 56.7 Å². The predicted octanol–water partition coefficient (Wildman–Crippen LogP) is 4.78. The maximum atomic E-state index is 13.6. The number of nitrogens with zero attached hydrogens (tertiary/aromatic N) is 4. The summed E-state index contributed by atoms with van der Waals surface area (Å²) in [6.07, 6.45) is 1.41. The number of benzene rings is 2. The molecule has 0 spiro atoms. The van der Waals surface area contributed by atoms with Crippen LogP contribution in [0.5, 0.6) is 0 Å². The molecular weight excluding hydrogens is 319 g/mol. The SMILES string of the molecule is Cc1cc(-c2ncoc2-c2ccc3nnn(C(C)C)c3c2)ccc1F. The molecule has 25 heavy (non-hydrogen) atoms. The molecule has 0 saturated carbocycles. The normalized spacial score (nSPS) is 11.6. The Bertz CT molecular complexity index is 1060. The lowest BCUT2D eigenvalue weighted by Gasteiger charge is -2.07. The van der Waals surface area contributed by atoms with Gasteiger partial charge in [0.25, 0.3) is 0 Å². The van der Waals surface area contributed by atoms with Gasteiger partial charge < -0.3 is 4.42 Å². The molecule has 4 aromatic rings. The summed E-state index contributed by atoms with van der Waals surface area (Å²) in [6.45, 7) is 5.85. The quantitative estimate of drug-likeness (QED) is 0.540. The van der Waals surface area contributed by atoms with Crippen molar-refractivity contribution in [3.8, 4) is 22.6 Å². The maximum absolute atomic E-state index is 13.6. The maximum Gasteiger partial charge on any atom is 0.182 e. The fourth-order valence-corrected chi connectivity index (χ4v) is 2.91. The van der Waals surface area contributed by atoms with Crippen LogP contribution in [0.4, 0.5) is 4.39 Å². The Kier molecular flexibility index (Phi) is 3.60. The number of oxazole rings is 1. The van der Waals surface area contributed by atoms with Gasteiger partial charge in [-0.1, -0.05) is 5.21 Å². The standard InChI is InChI=1S/C19H17FN4O/c1-11(2)24-17-9-14(5-7-16(17)22-23-24)19-18(21-10-25-19)13-4-6-15(20)12(3)8-13/h4-11H,1-3H3. The zero-order chi connectivity index (χ0) is 17.6. The molecule has 0 saturated heterocycles. The van der Waals surface area contributed by atoms with E-state index in [1.54, 1.807) is 19.1 Å². The van der Waals surface area contributed by atoms with Crippen molar-refractivity contribution in [1.82, 2.24) is 20.0 Å². The summed E-state index contributed by atoms with van der Waals surface area (Å²) < 4.78 is 21.1. The summed E-state index contributed by atoms with van der Waals surface area (Å²) in [4.78, 5) is 4.33. The second-order valence-electron chi connectivity index (χ2n) is 6.33. The first-order chi connectivity index (χ1) is 12.0. The summed E-state index contributed by atoms with van der Waals surface area (Å²) in [5, 5.41) is 8.39. The van der Waals surface area contributed by atoms with Crippen LogP contribution in [0, 0.1) is 12.7 Å². The molecule has 2 aromatic heterocycles. The lowest BCUT2D eigenvalue weighted by atomic mass is 10.0.